The van der Waals surface area contributed by atoms with E-state index in [4.69, 9.17) is 31.8 Å². The summed E-state index contributed by atoms with van der Waals surface area (Å²) < 4.78 is 11.1. The normalized spacial score (nSPS) is 19.5. The second kappa shape index (κ2) is 11.0. The Labute approximate surface area is 207 Å². The molecule has 0 unspecified atom stereocenters. The summed E-state index contributed by atoms with van der Waals surface area (Å²) in [5.74, 6) is 0.511. The van der Waals surface area contributed by atoms with Crippen molar-refractivity contribution in [1.82, 2.24) is 9.80 Å². The molecule has 9 heteroatoms. The van der Waals surface area contributed by atoms with Gasteiger partial charge in [0.2, 0.25) is 0 Å². The number of carbonyl (C=O) groups excluding carboxylic acids is 1. The first kappa shape index (κ1) is 26.0. The van der Waals surface area contributed by atoms with Gasteiger partial charge in [-0.3, -0.25) is 4.99 Å². The van der Waals surface area contributed by atoms with Gasteiger partial charge in [-0.1, -0.05) is 29.8 Å². The van der Waals surface area contributed by atoms with Gasteiger partial charge in [0, 0.05) is 49.8 Å². The molecule has 0 aromatic heterocycles. The number of hydrogen-bond acceptors (Lipinski definition) is 4. The standard InChI is InChI=1S/C22H33ClN4O3.HI/c1-21(2,3)30-20(28)27-12-10-26(11-13-27)19(24)25-16-22(8-14-29-15-9-22)17-6-4-5-7-18(17)23;/h4-7H,8-16H2,1-3H3,(H2,24,25);1H. The molecule has 2 heterocycles. The van der Waals surface area contributed by atoms with E-state index in [1.54, 1.807) is 4.90 Å². The van der Waals surface area contributed by atoms with Crippen LogP contribution in [0.3, 0.4) is 0 Å². The third-order valence-electron chi connectivity index (χ3n) is 5.69. The number of ether oxygens (including phenoxy) is 2. The lowest BCUT2D eigenvalue weighted by Crippen LogP contribution is -2.53. The molecule has 1 amide bonds. The molecule has 0 atom stereocenters. The zero-order valence-corrected chi connectivity index (χ0v) is 21.7. The molecule has 2 N–H and O–H groups in total. The molecule has 2 aliphatic heterocycles. The lowest BCUT2D eigenvalue weighted by Gasteiger charge is -2.38. The summed E-state index contributed by atoms with van der Waals surface area (Å²) in [5.41, 5.74) is 6.79. The van der Waals surface area contributed by atoms with Crippen LogP contribution in [0.4, 0.5) is 4.79 Å². The van der Waals surface area contributed by atoms with Crippen LogP contribution in [0.1, 0.15) is 39.2 Å². The summed E-state index contributed by atoms with van der Waals surface area (Å²) in [4.78, 5) is 20.8. The average molecular weight is 565 g/mol. The maximum atomic E-state index is 12.3. The molecule has 0 saturated carbocycles. The van der Waals surface area contributed by atoms with Crippen LogP contribution < -0.4 is 5.73 Å². The number of aliphatic imine (C=N–C) groups is 1. The van der Waals surface area contributed by atoms with Crippen LogP contribution in [-0.2, 0) is 14.9 Å². The van der Waals surface area contributed by atoms with Crippen LogP contribution in [0.15, 0.2) is 29.3 Å². The first-order valence-corrected chi connectivity index (χ1v) is 10.9. The third kappa shape index (κ3) is 6.86. The number of guanidine groups is 1. The molecule has 0 bridgehead atoms. The van der Waals surface area contributed by atoms with Crippen LogP contribution in [0.2, 0.25) is 5.02 Å². The van der Waals surface area contributed by atoms with Crippen molar-refractivity contribution < 1.29 is 14.3 Å². The maximum absolute atomic E-state index is 12.3. The summed E-state index contributed by atoms with van der Waals surface area (Å²) in [5, 5.41) is 0.763. The van der Waals surface area contributed by atoms with E-state index in [-0.39, 0.29) is 35.5 Å². The SMILES string of the molecule is CC(C)(C)OC(=O)N1CCN(C(N)=NCC2(c3ccccc3Cl)CCOCC2)CC1.I. The minimum atomic E-state index is -0.495. The Morgan fingerprint density at radius 2 is 1.74 bits per heavy atom. The van der Waals surface area contributed by atoms with Crippen molar-refractivity contribution in [1.29, 1.82) is 0 Å². The lowest BCUT2D eigenvalue weighted by atomic mass is 9.74. The Morgan fingerprint density at radius 3 is 2.32 bits per heavy atom. The van der Waals surface area contributed by atoms with Crippen molar-refractivity contribution in [3.63, 3.8) is 0 Å². The molecule has 0 aliphatic carbocycles. The van der Waals surface area contributed by atoms with E-state index in [1.165, 1.54) is 0 Å². The average Bonchev–Trinajstić information content (AvgIpc) is 2.72. The zero-order valence-electron chi connectivity index (χ0n) is 18.6. The van der Waals surface area contributed by atoms with Gasteiger partial charge in [-0.25, -0.2) is 4.79 Å². The summed E-state index contributed by atoms with van der Waals surface area (Å²) in [6, 6.07) is 7.97. The van der Waals surface area contributed by atoms with Gasteiger partial charge >= 0.3 is 6.09 Å². The number of benzene rings is 1. The van der Waals surface area contributed by atoms with Crippen molar-refractivity contribution >= 4 is 47.6 Å². The summed E-state index contributed by atoms with van der Waals surface area (Å²) >= 11 is 6.52. The van der Waals surface area contributed by atoms with E-state index >= 15 is 0 Å². The van der Waals surface area contributed by atoms with Gasteiger partial charge in [0.15, 0.2) is 5.96 Å². The van der Waals surface area contributed by atoms with Crippen molar-refractivity contribution in [2.75, 3.05) is 45.9 Å². The number of nitrogens with two attached hydrogens (primary N) is 1. The van der Waals surface area contributed by atoms with E-state index in [2.05, 4.69) is 6.07 Å². The zero-order chi connectivity index (χ0) is 21.8. The highest BCUT2D eigenvalue weighted by Crippen LogP contribution is 2.39. The van der Waals surface area contributed by atoms with Crippen LogP contribution >= 0.6 is 35.6 Å². The Balaban J connectivity index is 0.00000341. The van der Waals surface area contributed by atoms with Gasteiger partial charge in [0.25, 0.3) is 0 Å². The van der Waals surface area contributed by atoms with Crippen LogP contribution in [0, 0.1) is 0 Å². The number of amides is 1. The Morgan fingerprint density at radius 1 is 1.16 bits per heavy atom. The van der Waals surface area contributed by atoms with E-state index < -0.39 is 5.60 Å². The maximum Gasteiger partial charge on any atom is 0.410 e. The predicted molar refractivity (Wildman–Crippen MR) is 134 cm³/mol. The molecule has 2 fully saturated rings. The molecule has 3 rings (SSSR count). The molecule has 0 radical (unpaired) electrons. The van der Waals surface area contributed by atoms with E-state index in [9.17, 15) is 4.79 Å². The quantitative estimate of drug-likeness (QED) is 0.343. The first-order valence-electron chi connectivity index (χ1n) is 10.6. The number of carbonyl (C=O) groups is 1. The second-order valence-corrected chi connectivity index (χ2v) is 9.41. The van der Waals surface area contributed by atoms with E-state index in [0.29, 0.717) is 51.9 Å². The van der Waals surface area contributed by atoms with E-state index in [1.807, 2.05) is 43.9 Å². The van der Waals surface area contributed by atoms with Crippen LogP contribution in [0.25, 0.3) is 0 Å². The van der Waals surface area contributed by atoms with Gasteiger partial charge < -0.3 is 25.0 Å². The summed E-state index contributed by atoms with van der Waals surface area (Å²) in [7, 11) is 0. The minimum absolute atomic E-state index is 0. The fourth-order valence-electron chi connectivity index (χ4n) is 3.94. The first-order chi connectivity index (χ1) is 14.2. The van der Waals surface area contributed by atoms with Gasteiger partial charge in [0.05, 0.1) is 6.54 Å². The number of nitrogens with zero attached hydrogens (tertiary/aromatic N) is 3. The highest BCUT2D eigenvalue weighted by molar-refractivity contribution is 14.0. The molecule has 31 heavy (non-hydrogen) atoms. The number of piperazine rings is 1. The molecule has 2 saturated heterocycles. The minimum Gasteiger partial charge on any atom is -0.444 e. The van der Waals surface area contributed by atoms with E-state index in [0.717, 1.165) is 23.4 Å². The Bertz CT molecular complexity index is 770. The summed E-state index contributed by atoms with van der Waals surface area (Å²) in [6.45, 7) is 9.96. The second-order valence-electron chi connectivity index (χ2n) is 9.00. The summed E-state index contributed by atoms with van der Waals surface area (Å²) in [6.07, 6.45) is 1.44. The monoisotopic (exact) mass is 564 g/mol. The Kier molecular flexibility index (Phi) is 9.27. The molecule has 174 valence electrons. The van der Waals surface area contributed by atoms with Gasteiger partial charge in [-0.2, -0.15) is 0 Å². The molecule has 0 spiro atoms. The number of halogens is 2. The topological polar surface area (TPSA) is 80.4 Å². The van der Waals surface area contributed by atoms with Gasteiger partial charge in [-0.15, -0.1) is 24.0 Å². The fraction of sp³-hybridized carbons (Fsp3) is 0.636. The fourth-order valence-corrected chi connectivity index (χ4v) is 4.28. The van der Waals surface area contributed by atoms with Crippen molar-refractivity contribution in [3.8, 4) is 0 Å². The van der Waals surface area contributed by atoms with Crippen LogP contribution in [0.5, 0.6) is 0 Å². The van der Waals surface area contributed by atoms with Crippen molar-refractivity contribution in [2.24, 2.45) is 10.7 Å². The molecule has 2 aliphatic rings. The molecule has 1 aromatic rings. The van der Waals surface area contributed by atoms with Crippen LogP contribution in [-0.4, -0.2) is 73.4 Å². The smallest absolute Gasteiger partial charge is 0.410 e. The third-order valence-corrected chi connectivity index (χ3v) is 6.02. The van der Waals surface area contributed by atoms with Crippen molar-refractivity contribution in [2.45, 2.75) is 44.6 Å². The molecular weight excluding hydrogens is 531 g/mol. The van der Waals surface area contributed by atoms with Gasteiger partial charge in [-0.05, 0) is 45.2 Å². The number of hydrogen-bond donors (Lipinski definition) is 1. The molecule has 1 aromatic carbocycles. The van der Waals surface area contributed by atoms with Gasteiger partial charge in [0.1, 0.15) is 5.60 Å². The highest BCUT2D eigenvalue weighted by Gasteiger charge is 2.36. The molecule has 7 nitrogen and oxygen atoms in total. The highest BCUT2D eigenvalue weighted by atomic mass is 127. The predicted octanol–water partition coefficient (Wildman–Crippen LogP) is 3.87. The lowest BCUT2D eigenvalue weighted by molar-refractivity contribution is 0.0186. The largest absolute Gasteiger partial charge is 0.444 e. The molecular formula is C22H34ClIN4O3. The van der Waals surface area contributed by atoms with Crippen molar-refractivity contribution in [3.05, 3.63) is 34.9 Å². The Hall–Kier alpha value is -1.26. The number of rotatable bonds is 3.